The van der Waals surface area contributed by atoms with Gasteiger partial charge in [-0.05, 0) is 93.0 Å². The molecule has 194 valence electrons. The van der Waals surface area contributed by atoms with Gasteiger partial charge < -0.3 is 19.7 Å². The lowest BCUT2D eigenvalue weighted by Gasteiger charge is -2.51. The summed E-state index contributed by atoms with van der Waals surface area (Å²) < 4.78 is 19.7. The Kier molecular flexibility index (Phi) is 8.10. The summed E-state index contributed by atoms with van der Waals surface area (Å²) in [5.41, 5.74) is 3.17. The maximum Gasteiger partial charge on any atom is 0.333 e. The minimum atomic E-state index is -0.995. The zero-order chi connectivity index (χ0) is 25.9. The van der Waals surface area contributed by atoms with Gasteiger partial charge >= 0.3 is 5.97 Å². The predicted molar refractivity (Wildman–Crippen MR) is 140 cm³/mol. The Balaban J connectivity index is 1.47. The number of carboxylic acids is 1. The quantitative estimate of drug-likeness (QED) is 0.382. The Labute approximate surface area is 212 Å². The van der Waals surface area contributed by atoms with Gasteiger partial charge in [0.05, 0.1) is 11.0 Å². The molecule has 0 radical (unpaired) electrons. The number of aromatic nitrogens is 2. The molecule has 1 heterocycles. The second-order valence-corrected chi connectivity index (χ2v) is 10.5. The van der Waals surface area contributed by atoms with Crippen LogP contribution in [-0.4, -0.2) is 59.3 Å². The van der Waals surface area contributed by atoms with Gasteiger partial charge in [-0.1, -0.05) is 32.0 Å². The molecule has 0 saturated heterocycles. The minimum absolute atomic E-state index is 0.00597. The smallest absolute Gasteiger partial charge is 0.333 e. The number of halogens is 1. The van der Waals surface area contributed by atoms with E-state index in [4.69, 9.17) is 4.74 Å². The number of benzene rings is 2. The fourth-order valence-electron chi connectivity index (χ4n) is 6.43. The molecule has 4 rings (SSSR count). The van der Waals surface area contributed by atoms with Crippen LogP contribution in [0.3, 0.4) is 0 Å². The Morgan fingerprint density at radius 2 is 2.06 bits per heavy atom. The van der Waals surface area contributed by atoms with E-state index in [0.29, 0.717) is 0 Å². The number of imidazole rings is 1. The Bertz CT molecular complexity index is 1160. The normalized spacial score (nSPS) is 20.7. The number of hydrogen-bond acceptors (Lipinski definition) is 4. The number of aryl methyl sites for hydroxylation is 2. The second-order valence-electron chi connectivity index (χ2n) is 10.5. The molecule has 0 amide bonds. The van der Waals surface area contributed by atoms with Crippen LogP contribution in [0, 0.1) is 17.7 Å². The highest BCUT2D eigenvalue weighted by molar-refractivity contribution is 5.76. The van der Waals surface area contributed by atoms with E-state index in [1.54, 1.807) is 12.1 Å². The van der Waals surface area contributed by atoms with Gasteiger partial charge in [0.25, 0.3) is 0 Å². The van der Waals surface area contributed by atoms with Crippen molar-refractivity contribution in [2.24, 2.45) is 11.8 Å². The minimum Gasteiger partial charge on any atom is -0.479 e. The van der Waals surface area contributed by atoms with Crippen LogP contribution in [0.1, 0.15) is 50.1 Å². The van der Waals surface area contributed by atoms with E-state index in [1.165, 1.54) is 13.2 Å². The number of carbonyl (C=O) groups is 1. The molecule has 3 atom stereocenters. The highest BCUT2D eigenvalue weighted by Crippen LogP contribution is 2.51. The molecule has 0 saturated carbocycles. The number of carboxylic acid groups (broad SMARTS) is 1. The highest BCUT2D eigenvalue weighted by atomic mass is 19.1. The number of nitrogens with zero attached hydrogens (tertiary/aromatic N) is 2. The van der Waals surface area contributed by atoms with Crippen LogP contribution in [0.2, 0.25) is 0 Å². The van der Waals surface area contributed by atoms with E-state index < -0.39 is 17.5 Å². The van der Waals surface area contributed by atoms with Crippen molar-refractivity contribution in [2.45, 2.75) is 57.5 Å². The number of hydrogen-bond donors (Lipinski definition) is 2. The second kappa shape index (κ2) is 11.1. The fraction of sp³-hybridized carbons (Fsp3) is 0.517. The summed E-state index contributed by atoms with van der Waals surface area (Å²) in [5, 5.41) is 10.2. The van der Waals surface area contributed by atoms with Crippen LogP contribution in [0.5, 0.6) is 0 Å². The van der Waals surface area contributed by atoms with E-state index in [9.17, 15) is 14.3 Å². The van der Waals surface area contributed by atoms with Gasteiger partial charge in [-0.15, -0.1) is 0 Å². The zero-order valence-electron chi connectivity index (χ0n) is 21.8. The van der Waals surface area contributed by atoms with Crippen LogP contribution in [0.25, 0.3) is 11.0 Å². The Hall–Kier alpha value is -2.77. The average Bonchev–Trinajstić information content (AvgIpc) is 3.26. The van der Waals surface area contributed by atoms with Gasteiger partial charge in [-0.3, -0.25) is 0 Å². The lowest BCUT2D eigenvalue weighted by atomic mass is 9.54. The molecular weight excluding hydrogens is 457 g/mol. The van der Waals surface area contributed by atoms with E-state index >= 15 is 0 Å². The number of fused-ring (bicyclic) bond motifs is 2. The van der Waals surface area contributed by atoms with Gasteiger partial charge in [0.15, 0.2) is 6.10 Å². The lowest BCUT2D eigenvalue weighted by Crippen LogP contribution is -2.56. The van der Waals surface area contributed by atoms with Crippen molar-refractivity contribution in [1.29, 1.82) is 0 Å². The summed E-state index contributed by atoms with van der Waals surface area (Å²) in [6, 6.07) is 12.9. The molecule has 2 aromatic carbocycles. The first-order chi connectivity index (χ1) is 17.3. The lowest BCUT2D eigenvalue weighted by molar-refractivity contribution is -0.158. The number of ether oxygens (including phenoxy) is 1. The first kappa shape index (κ1) is 26.3. The standard InChI is InChI=1S/C29H38FN3O3/c1-19(2)29(27(36-4)28(34)35)21(12-11-20-18-22(30)13-14-23(20)29)15-17-33(3)16-7-10-26-31-24-8-5-6-9-25(24)32-26/h5-6,8-9,13-14,18-19,21,27H,7,10-12,15-17H2,1-4H3,(H,31,32)(H,34,35). The van der Waals surface area contributed by atoms with Crippen LogP contribution in [0.4, 0.5) is 4.39 Å². The number of rotatable bonds is 11. The van der Waals surface area contributed by atoms with Gasteiger partial charge in [0.2, 0.25) is 0 Å². The largest absolute Gasteiger partial charge is 0.479 e. The molecule has 1 aliphatic rings. The summed E-state index contributed by atoms with van der Waals surface area (Å²) in [6.07, 6.45) is 3.28. The zero-order valence-corrected chi connectivity index (χ0v) is 21.8. The molecule has 3 unspecified atom stereocenters. The van der Waals surface area contributed by atoms with E-state index in [2.05, 4.69) is 35.8 Å². The number of para-hydroxylation sites is 2. The SMILES string of the molecule is COC(C(=O)O)C1(C(C)C)c2ccc(F)cc2CCC1CCN(C)CCCc1nc2ccccc2[nH]1. The van der Waals surface area contributed by atoms with E-state index in [0.717, 1.165) is 73.2 Å². The Morgan fingerprint density at radius 3 is 2.75 bits per heavy atom. The topological polar surface area (TPSA) is 78.5 Å². The monoisotopic (exact) mass is 495 g/mol. The van der Waals surface area contributed by atoms with Crippen molar-refractivity contribution in [2.75, 3.05) is 27.2 Å². The van der Waals surface area contributed by atoms with Crippen molar-refractivity contribution in [3.8, 4) is 0 Å². The number of methoxy groups -OCH3 is 1. The highest BCUT2D eigenvalue weighted by Gasteiger charge is 2.54. The predicted octanol–water partition coefficient (Wildman–Crippen LogP) is 5.21. The van der Waals surface area contributed by atoms with Gasteiger partial charge in [-0.25, -0.2) is 14.2 Å². The number of nitrogens with one attached hydrogen (secondary N) is 1. The summed E-state index contributed by atoms with van der Waals surface area (Å²) in [7, 11) is 3.59. The van der Waals surface area contributed by atoms with E-state index in [1.807, 2.05) is 24.3 Å². The molecule has 1 aliphatic carbocycles. The van der Waals surface area contributed by atoms with Crippen molar-refractivity contribution in [3.63, 3.8) is 0 Å². The average molecular weight is 496 g/mol. The maximum atomic E-state index is 14.1. The van der Waals surface area contributed by atoms with Crippen molar-refractivity contribution < 1.29 is 19.0 Å². The van der Waals surface area contributed by atoms with Crippen LogP contribution >= 0.6 is 0 Å². The van der Waals surface area contributed by atoms with Gasteiger partial charge in [0.1, 0.15) is 11.6 Å². The molecule has 0 fully saturated rings. The first-order valence-corrected chi connectivity index (χ1v) is 12.9. The summed E-state index contributed by atoms with van der Waals surface area (Å²) in [4.78, 5) is 22.8. The molecule has 7 heteroatoms. The van der Waals surface area contributed by atoms with Crippen LogP contribution in [0.15, 0.2) is 42.5 Å². The molecule has 6 nitrogen and oxygen atoms in total. The van der Waals surface area contributed by atoms with Crippen molar-refractivity contribution in [3.05, 3.63) is 65.2 Å². The summed E-state index contributed by atoms with van der Waals surface area (Å²) in [6.45, 7) is 5.91. The number of H-pyrrole nitrogens is 1. The number of aliphatic carboxylic acids is 1. The molecule has 0 bridgehead atoms. The van der Waals surface area contributed by atoms with Gasteiger partial charge in [-0.2, -0.15) is 0 Å². The third-order valence-electron chi connectivity index (χ3n) is 8.07. The molecule has 0 aliphatic heterocycles. The van der Waals surface area contributed by atoms with E-state index in [-0.39, 0.29) is 17.7 Å². The Morgan fingerprint density at radius 1 is 1.28 bits per heavy atom. The number of aromatic amines is 1. The molecule has 3 aromatic rings. The summed E-state index contributed by atoms with van der Waals surface area (Å²) >= 11 is 0. The molecular formula is C29H38FN3O3. The molecule has 36 heavy (non-hydrogen) atoms. The van der Waals surface area contributed by atoms with Crippen molar-refractivity contribution in [1.82, 2.24) is 14.9 Å². The van der Waals surface area contributed by atoms with Crippen molar-refractivity contribution >= 4 is 17.0 Å². The molecule has 1 aromatic heterocycles. The maximum absolute atomic E-state index is 14.1. The molecule has 2 N–H and O–H groups in total. The first-order valence-electron chi connectivity index (χ1n) is 12.9. The van der Waals surface area contributed by atoms with Gasteiger partial charge in [0, 0.05) is 18.9 Å². The molecule has 0 spiro atoms. The fourth-order valence-corrected chi connectivity index (χ4v) is 6.43. The van der Waals surface area contributed by atoms with Crippen LogP contribution < -0.4 is 0 Å². The third-order valence-corrected chi connectivity index (χ3v) is 8.07. The third kappa shape index (κ3) is 5.04. The van der Waals surface area contributed by atoms with Crippen LogP contribution in [-0.2, 0) is 27.8 Å². The summed E-state index contributed by atoms with van der Waals surface area (Å²) in [5.74, 6) is -0.129.